The fourth-order valence-electron chi connectivity index (χ4n) is 3.88. The van der Waals surface area contributed by atoms with Crippen LogP contribution >= 0.6 is 34.8 Å². The van der Waals surface area contributed by atoms with Crippen molar-refractivity contribution >= 4 is 51.5 Å². The number of benzene rings is 2. The molecule has 3 heterocycles. The number of aromatic nitrogens is 4. The van der Waals surface area contributed by atoms with Crippen molar-refractivity contribution in [2.45, 2.75) is 12.7 Å². The van der Waals surface area contributed by atoms with Crippen molar-refractivity contribution < 1.29 is 22.5 Å². The lowest BCUT2D eigenvalue weighted by Crippen LogP contribution is -2.19. The average Bonchev–Trinajstić information content (AvgIpc) is 3.44. The standard InChI is InChI=1S/C24H12Cl3F3N4O2/c25-14-3-4-18-16(9-14)19(20(35)22-32-23(36-33-22)12-5-7-31-8-6-12)21(24(28,29)30)34(18)11-13-1-2-15(26)10-17(13)27/h1-10H,11H2. The molecule has 36 heavy (non-hydrogen) atoms. The first-order valence-corrected chi connectivity index (χ1v) is 11.4. The number of rotatable bonds is 5. The lowest BCUT2D eigenvalue weighted by Gasteiger charge is -2.15. The maximum Gasteiger partial charge on any atom is 0.432 e. The van der Waals surface area contributed by atoms with Crippen molar-refractivity contribution in [3.8, 4) is 11.5 Å². The largest absolute Gasteiger partial charge is 0.432 e. The van der Waals surface area contributed by atoms with E-state index < -0.39 is 29.0 Å². The van der Waals surface area contributed by atoms with Gasteiger partial charge in [0, 0.05) is 50.5 Å². The average molecular weight is 552 g/mol. The second-order valence-corrected chi connectivity index (χ2v) is 8.97. The molecule has 0 radical (unpaired) electrons. The number of alkyl halides is 3. The zero-order valence-corrected chi connectivity index (χ0v) is 20.1. The summed E-state index contributed by atoms with van der Waals surface area (Å²) in [5, 5.41) is 4.29. The molecule has 0 saturated heterocycles. The van der Waals surface area contributed by atoms with Crippen LogP contribution in [0.5, 0.6) is 0 Å². The fraction of sp³-hybridized carbons (Fsp3) is 0.0833. The van der Waals surface area contributed by atoms with Gasteiger partial charge in [-0.3, -0.25) is 9.78 Å². The molecular formula is C24H12Cl3F3N4O2. The first-order chi connectivity index (χ1) is 17.1. The summed E-state index contributed by atoms with van der Waals surface area (Å²) in [4.78, 5) is 21.4. The minimum atomic E-state index is -4.92. The van der Waals surface area contributed by atoms with E-state index in [0.29, 0.717) is 16.1 Å². The van der Waals surface area contributed by atoms with Crippen LogP contribution in [0.15, 0.2) is 65.4 Å². The van der Waals surface area contributed by atoms with E-state index in [0.717, 1.165) is 4.57 Å². The van der Waals surface area contributed by atoms with Crippen LogP contribution in [0, 0.1) is 0 Å². The number of carbonyl (C=O) groups excluding carboxylic acids is 1. The third kappa shape index (κ3) is 4.45. The van der Waals surface area contributed by atoms with E-state index in [9.17, 15) is 18.0 Å². The van der Waals surface area contributed by atoms with Gasteiger partial charge in [-0.2, -0.15) is 18.2 Å². The van der Waals surface area contributed by atoms with Gasteiger partial charge in [0.1, 0.15) is 5.69 Å². The van der Waals surface area contributed by atoms with Gasteiger partial charge in [-0.25, -0.2) is 0 Å². The Morgan fingerprint density at radius 3 is 2.36 bits per heavy atom. The van der Waals surface area contributed by atoms with E-state index >= 15 is 0 Å². The Morgan fingerprint density at radius 2 is 1.67 bits per heavy atom. The third-order valence-electron chi connectivity index (χ3n) is 5.42. The highest BCUT2D eigenvalue weighted by Gasteiger charge is 2.42. The summed E-state index contributed by atoms with van der Waals surface area (Å²) in [6, 6.07) is 11.7. The Hall–Kier alpha value is -3.40. The molecule has 12 heteroatoms. The lowest BCUT2D eigenvalue weighted by atomic mass is 10.1. The van der Waals surface area contributed by atoms with Gasteiger partial charge in [-0.15, -0.1) is 0 Å². The molecule has 2 aromatic carbocycles. The number of hydrogen-bond donors (Lipinski definition) is 0. The molecule has 0 atom stereocenters. The number of hydrogen-bond acceptors (Lipinski definition) is 5. The number of halogens is 6. The molecule has 5 rings (SSSR count). The Morgan fingerprint density at radius 1 is 0.972 bits per heavy atom. The highest BCUT2D eigenvalue weighted by Crippen LogP contribution is 2.41. The van der Waals surface area contributed by atoms with Gasteiger partial charge in [0.2, 0.25) is 11.6 Å². The second-order valence-electron chi connectivity index (χ2n) is 7.69. The van der Waals surface area contributed by atoms with Crippen molar-refractivity contribution in [1.82, 2.24) is 19.7 Å². The first-order valence-electron chi connectivity index (χ1n) is 10.2. The van der Waals surface area contributed by atoms with Gasteiger partial charge >= 0.3 is 6.18 Å². The summed E-state index contributed by atoms with van der Waals surface area (Å²) in [6.45, 7) is -0.287. The number of carbonyl (C=O) groups is 1. The molecule has 0 aliphatic carbocycles. The van der Waals surface area contributed by atoms with Crippen LogP contribution in [0.1, 0.15) is 27.4 Å². The predicted octanol–water partition coefficient (Wildman–Crippen LogP) is 7.34. The Kier molecular flexibility index (Phi) is 6.23. The molecule has 0 bridgehead atoms. The number of ketones is 1. The highest BCUT2D eigenvalue weighted by atomic mass is 35.5. The summed E-state index contributed by atoms with van der Waals surface area (Å²) < 4.78 is 49.7. The summed E-state index contributed by atoms with van der Waals surface area (Å²) in [7, 11) is 0. The predicted molar refractivity (Wildman–Crippen MR) is 128 cm³/mol. The van der Waals surface area contributed by atoms with Crippen LogP contribution in [0.25, 0.3) is 22.4 Å². The van der Waals surface area contributed by atoms with E-state index in [1.165, 1.54) is 48.8 Å². The van der Waals surface area contributed by atoms with Crippen molar-refractivity contribution in [2.75, 3.05) is 0 Å². The molecule has 3 aromatic heterocycles. The molecule has 6 nitrogen and oxygen atoms in total. The minimum absolute atomic E-state index is 0.0137. The monoisotopic (exact) mass is 550 g/mol. The smallest absolute Gasteiger partial charge is 0.333 e. The normalized spacial score (nSPS) is 11.8. The maximum absolute atomic E-state index is 14.5. The molecule has 0 amide bonds. The van der Waals surface area contributed by atoms with E-state index in [1.54, 1.807) is 12.1 Å². The molecular weight excluding hydrogens is 540 g/mol. The molecule has 0 aliphatic rings. The molecule has 0 N–H and O–H groups in total. The minimum Gasteiger partial charge on any atom is -0.333 e. The van der Waals surface area contributed by atoms with Crippen molar-refractivity contribution in [2.24, 2.45) is 0 Å². The van der Waals surface area contributed by atoms with Crippen molar-refractivity contribution in [3.05, 3.63) is 98.6 Å². The fourth-order valence-corrected chi connectivity index (χ4v) is 4.52. The molecule has 182 valence electrons. The molecule has 0 fully saturated rings. The Balaban J connectivity index is 1.71. The van der Waals surface area contributed by atoms with Gasteiger partial charge < -0.3 is 9.09 Å². The van der Waals surface area contributed by atoms with Crippen molar-refractivity contribution in [3.63, 3.8) is 0 Å². The van der Waals surface area contributed by atoms with Gasteiger partial charge in [-0.05, 0) is 48.0 Å². The topological polar surface area (TPSA) is 73.8 Å². The third-order valence-corrected chi connectivity index (χ3v) is 6.24. The lowest BCUT2D eigenvalue weighted by molar-refractivity contribution is -0.143. The summed E-state index contributed by atoms with van der Waals surface area (Å²) in [5.41, 5.74) is -0.885. The van der Waals surface area contributed by atoms with Crippen LogP contribution in [-0.4, -0.2) is 25.5 Å². The van der Waals surface area contributed by atoms with E-state index in [4.69, 9.17) is 39.3 Å². The molecule has 0 unspecified atom stereocenters. The van der Waals surface area contributed by atoms with Crippen LogP contribution < -0.4 is 0 Å². The Labute approximate surface area is 216 Å². The second kappa shape index (κ2) is 9.24. The molecule has 0 saturated carbocycles. The van der Waals surface area contributed by atoms with Crippen LogP contribution in [0.2, 0.25) is 15.1 Å². The number of pyridine rings is 1. The Bertz CT molecular complexity index is 1610. The summed E-state index contributed by atoms with van der Waals surface area (Å²) >= 11 is 18.3. The SMILES string of the molecule is O=C(c1noc(-c2ccncc2)n1)c1c(C(F)(F)F)n(Cc2ccc(Cl)cc2Cl)c2ccc(Cl)cc12. The summed E-state index contributed by atoms with van der Waals surface area (Å²) in [6.07, 6.45) is -1.98. The van der Waals surface area contributed by atoms with E-state index in [1.807, 2.05) is 0 Å². The highest BCUT2D eigenvalue weighted by molar-refractivity contribution is 6.35. The van der Waals surface area contributed by atoms with Crippen LogP contribution in [0.3, 0.4) is 0 Å². The number of fused-ring (bicyclic) bond motifs is 1. The van der Waals surface area contributed by atoms with Gasteiger partial charge in [0.15, 0.2) is 0 Å². The zero-order valence-electron chi connectivity index (χ0n) is 17.9. The molecule has 5 aromatic rings. The maximum atomic E-state index is 14.5. The van der Waals surface area contributed by atoms with Gasteiger partial charge in [0.05, 0.1) is 5.56 Å². The van der Waals surface area contributed by atoms with Crippen LogP contribution in [-0.2, 0) is 12.7 Å². The zero-order chi connectivity index (χ0) is 25.6. The summed E-state index contributed by atoms with van der Waals surface area (Å²) in [5.74, 6) is -1.64. The number of nitrogens with zero attached hydrogens (tertiary/aromatic N) is 4. The van der Waals surface area contributed by atoms with E-state index in [2.05, 4.69) is 15.1 Å². The van der Waals surface area contributed by atoms with Crippen molar-refractivity contribution in [1.29, 1.82) is 0 Å². The molecule has 0 spiro atoms. The van der Waals surface area contributed by atoms with E-state index in [-0.39, 0.29) is 33.4 Å². The quantitative estimate of drug-likeness (QED) is 0.214. The van der Waals surface area contributed by atoms with Crippen LogP contribution in [0.4, 0.5) is 13.2 Å². The first kappa shape index (κ1) is 24.3. The van der Waals surface area contributed by atoms with Gasteiger partial charge in [0.25, 0.3) is 5.89 Å². The molecule has 0 aliphatic heterocycles. The van der Waals surface area contributed by atoms with Gasteiger partial charge in [-0.1, -0.05) is 46.0 Å².